The van der Waals surface area contributed by atoms with Gasteiger partial charge in [-0.15, -0.1) is 0 Å². The molecule has 0 radical (unpaired) electrons. The lowest BCUT2D eigenvalue weighted by Crippen LogP contribution is -2.30. The number of carbonyl (C=O) groups excluding carboxylic acids is 1. The number of nitrogens with one attached hydrogen (secondary N) is 1. The Labute approximate surface area is 142 Å². The van der Waals surface area contributed by atoms with E-state index in [2.05, 4.69) is 5.32 Å². The number of benzene rings is 2. The highest BCUT2D eigenvalue weighted by atomic mass is 35.5. The highest BCUT2D eigenvalue weighted by Gasteiger charge is 2.17. The van der Waals surface area contributed by atoms with E-state index in [1.807, 2.05) is 0 Å². The summed E-state index contributed by atoms with van der Waals surface area (Å²) in [5.74, 6) is -2.50. The van der Waals surface area contributed by atoms with Gasteiger partial charge in [0.2, 0.25) is 0 Å². The van der Waals surface area contributed by atoms with Crippen molar-refractivity contribution in [3.8, 4) is 5.75 Å². The molecular formula is C16H14ClF2NO2S. The van der Waals surface area contributed by atoms with Gasteiger partial charge in [-0.1, -0.05) is 35.5 Å². The highest BCUT2D eigenvalue weighted by molar-refractivity contribution is 7.99. The van der Waals surface area contributed by atoms with Crippen LogP contribution in [0.4, 0.5) is 14.5 Å². The molecule has 1 atom stereocenters. The lowest BCUT2D eigenvalue weighted by molar-refractivity contribution is -0.122. The van der Waals surface area contributed by atoms with E-state index in [4.69, 9.17) is 16.3 Å². The fourth-order valence-corrected chi connectivity index (χ4v) is 2.49. The van der Waals surface area contributed by atoms with Crippen molar-refractivity contribution in [3.63, 3.8) is 0 Å². The second-order valence-electron chi connectivity index (χ2n) is 4.58. The van der Waals surface area contributed by atoms with Gasteiger partial charge in [-0.25, -0.2) is 0 Å². The topological polar surface area (TPSA) is 38.3 Å². The van der Waals surface area contributed by atoms with Crippen LogP contribution in [0.2, 0.25) is 5.02 Å². The summed E-state index contributed by atoms with van der Waals surface area (Å²) >= 11 is 6.16. The summed E-state index contributed by atoms with van der Waals surface area (Å²) in [6.07, 6.45) is -0.791. The third kappa shape index (κ3) is 5.41. The van der Waals surface area contributed by atoms with Crippen LogP contribution in [0.3, 0.4) is 0 Å². The van der Waals surface area contributed by atoms with E-state index in [1.165, 1.54) is 6.07 Å². The molecule has 0 aliphatic heterocycles. The van der Waals surface area contributed by atoms with E-state index in [-0.39, 0.29) is 0 Å². The Morgan fingerprint density at radius 1 is 1.17 bits per heavy atom. The normalized spacial score (nSPS) is 12.0. The summed E-state index contributed by atoms with van der Waals surface area (Å²) < 4.78 is 30.6. The quantitative estimate of drug-likeness (QED) is 0.734. The summed E-state index contributed by atoms with van der Waals surface area (Å²) in [5.41, 5.74) is 0.328. The van der Waals surface area contributed by atoms with Crippen LogP contribution in [-0.2, 0) is 4.79 Å². The fourth-order valence-electron chi connectivity index (χ4n) is 1.77. The van der Waals surface area contributed by atoms with Crippen LogP contribution in [0.25, 0.3) is 0 Å². The molecule has 0 saturated carbocycles. The Balaban J connectivity index is 2.02. The molecule has 0 aliphatic carbocycles. The van der Waals surface area contributed by atoms with Crippen LogP contribution >= 0.6 is 23.4 Å². The van der Waals surface area contributed by atoms with Crippen LogP contribution in [0, 0.1) is 0 Å². The molecule has 2 rings (SSSR count). The third-order valence-corrected chi connectivity index (χ3v) is 3.90. The lowest BCUT2D eigenvalue weighted by atomic mass is 10.3. The molecular weight excluding hydrogens is 344 g/mol. The van der Waals surface area contributed by atoms with Gasteiger partial charge >= 0.3 is 0 Å². The number of thioether (sulfide) groups is 1. The number of carbonyl (C=O) groups is 1. The Morgan fingerprint density at radius 2 is 1.83 bits per heavy atom. The second-order valence-corrected chi connectivity index (χ2v) is 6.05. The average Bonchev–Trinajstić information content (AvgIpc) is 2.51. The third-order valence-electron chi connectivity index (χ3n) is 2.86. The van der Waals surface area contributed by atoms with Crippen molar-refractivity contribution in [3.05, 3.63) is 53.6 Å². The summed E-state index contributed by atoms with van der Waals surface area (Å²) in [4.78, 5) is 12.5. The minimum atomic E-state index is -2.56. The van der Waals surface area contributed by atoms with E-state index < -0.39 is 17.8 Å². The van der Waals surface area contributed by atoms with Crippen molar-refractivity contribution < 1.29 is 18.3 Å². The number of halogens is 3. The first-order valence-corrected chi connectivity index (χ1v) is 7.98. The van der Waals surface area contributed by atoms with Crippen LogP contribution in [-0.4, -0.2) is 17.8 Å². The van der Waals surface area contributed by atoms with Gasteiger partial charge in [-0.3, -0.25) is 4.79 Å². The zero-order valence-corrected chi connectivity index (χ0v) is 13.7. The van der Waals surface area contributed by atoms with Crippen molar-refractivity contribution >= 4 is 35.0 Å². The number of anilines is 1. The number of hydrogen-bond acceptors (Lipinski definition) is 3. The number of para-hydroxylation sites is 1. The molecule has 23 heavy (non-hydrogen) atoms. The zero-order valence-electron chi connectivity index (χ0n) is 12.1. The first-order chi connectivity index (χ1) is 11.0. The van der Waals surface area contributed by atoms with Crippen molar-refractivity contribution in [2.45, 2.75) is 23.7 Å². The molecule has 0 fully saturated rings. The van der Waals surface area contributed by atoms with E-state index in [1.54, 1.807) is 49.4 Å². The van der Waals surface area contributed by atoms with Gasteiger partial charge in [-0.05, 0) is 43.3 Å². The Morgan fingerprint density at radius 3 is 2.48 bits per heavy atom. The highest BCUT2D eigenvalue weighted by Crippen LogP contribution is 2.31. The number of amides is 1. The maximum atomic E-state index is 12.5. The summed E-state index contributed by atoms with van der Waals surface area (Å²) in [7, 11) is 0. The number of alkyl halides is 2. The van der Waals surface area contributed by atoms with E-state index >= 15 is 0 Å². The largest absolute Gasteiger partial charge is 0.481 e. The Bertz CT molecular complexity index is 667. The molecule has 122 valence electrons. The first-order valence-electron chi connectivity index (χ1n) is 6.72. The monoisotopic (exact) mass is 357 g/mol. The van der Waals surface area contributed by atoms with Crippen LogP contribution in [0.1, 0.15) is 6.92 Å². The van der Waals surface area contributed by atoms with Gasteiger partial charge in [-0.2, -0.15) is 8.78 Å². The molecule has 0 bridgehead atoms. The van der Waals surface area contributed by atoms with Gasteiger partial charge in [0, 0.05) is 9.92 Å². The molecule has 0 heterocycles. The lowest BCUT2D eigenvalue weighted by Gasteiger charge is -2.16. The number of ether oxygens (including phenoxy) is 1. The van der Waals surface area contributed by atoms with Crippen molar-refractivity contribution in [1.82, 2.24) is 0 Å². The van der Waals surface area contributed by atoms with Crippen LogP contribution < -0.4 is 10.1 Å². The fraction of sp³-hybridized carbons (Fsp3) is 0.188. The molecule has 2 aromatic rings. The smallest absolute Gasteiger partial charge is 0.288 e. The molecule has 0 spiro atoms. The molecule has 0 saturated heterocycles. The molecule has 0 unspecified atom stereocenters. The molecule has 1 N–H and O–H groups in total. The van der Waals surface area contributed by atoms with E-state index in [0.717, 1.165) is 0 Å². The van der Waals surface area contributed by atoms with Crippen LogP contribution in [0.15, 0.2) is 53.4 Å². The SMILES string of the molecule is C[C@H](Oc1ccc(Cl)cc1)C(=O)Nc1ccccc1SC(F)F. The van der Waals surface area contributed by atoms with Crippen LogP contribution in [0.5, 0.6) is 5.75 Å². The molecule has 3 nitrogen and oxygen atoms in total. The van der Waals surface area contributed by atoms with E-state index in [0.29, 0.717) is 33.1 Å². The predicted molar refractivity (Wildman–Crippen MR) is 88.5 cm³/mol. The first kappa shape index (κ1) is 17.6. The molecule has 7 heteroatoms. The summed E-state index contributed by atoms with van der Waals surface area (Å²) in [5, 5.41) is 3.17. The molecule has 2 aromatic carbocycles. The average molecular weight is 358 g/mol. The molecule has 0 aliphatic rings. The standard InChI is InChI=1S/C16H14ClF2NO2S/c1-10(22-12-8-6-11(17)7-9-12)15(21)20-13-4-2-3-5-14(13)23-16(18)19/h2-10,16H,1H3,(H,20,21)/t10-/m0/s1. The number of hydrogen-bond donors (Lipinski definition) is 1. The zero-order chi connectivity index (χ0) is 16.8. The predicted octanol–water partition coefficient (Wildman–Crippen LogP) is 5.06. The minimum absolute atomic E-state index is 0.301. The molecule has 1 amide bonds. The Kier molecular flexibility index (Phi) is 6.24. The minimum Gasteiger partial charge on any atom is -0.481 e. The van der Waals surface area contributed by atoms with Gasteiger partial charge in [0.15, 0.2) is 6.10 Å². The molecule has 0 aromatic heterocycles. The van der Waals surface area contributed by atoms with E-state index in [9.17, 15) is 13.6 Å². The van der Waals surface area contributed by atoms with Gasteiger partial charge < -0.3 is 10.1 Å². The maximum absolute atomic E-state index is 12.5. The van der Waals surface area contributed by atoms with Crippen molar-refractivity contribution in [2.75, 3.05) is 5.32 Å². The van der Waals surface area contributed by atoms with Crippen molar-refractivity contribution in [1.29, 1.82) is 0 Å². The summed E-state index contributed by atoms with van der Waals surface area (Å²) in [6.45, 7) is 1.58. The second kappa shape index (κ2) is 8.17. The summed E-state index contributed by atoms with van der Waals surface area (Å²) in [6, 6.07) is 13.0. The van der Waals surface area contributed by atoms with Crippen molar-refractivity contribution in [2.24, 2.45) is 0 Å². The number of rotatable bonds is 6. The maximum Gasteiger partial charge on any atom is 0.288 e. The van der Waals surface area contributed by atoms with Gasteiger partial charge in [0.25, 0.3) is 11.7 Å². The van der Waals surface area contributed by atoms with Gasteiger partial charge in [0.1, 0.15) is 5.75 Å². The Hall–Kier alpha value is -1.79. The van der Waals surface area contributed by atoms with Gasteiger partial charge in [0.05, 0.1) is 5.69 Å².